The van der Waals surface area contributed by atoms with Crippen LogP contribution in [0, 0.1) is 17.5 Å². The van der Waals surface area contributed by atoms with Crippen LogP contribution in [0.3, 0.4) is 0 Å². The van der Waals surface area contributed by atoms with Crippen molar-refractivity contribution < 1.29 is 27.8 Å². The number of hydrogen-bond acceptors (Lipinski definition) is 3. The van der Waals surface area contributed by atoms with Crippen molar-refractivity contribution in [1.29, 1.82) is 0 Å². The van der Waals surface area contributed by atoms with Crippen LogP contribution in [0.25, 0.3) is 0 Å². The SMILES string of the molecule is C[C@H](O)C[C@@H]1COCCN1C(=O)NCCc1cc(F)c(F)c(F)c1. The fraction of sp³-hybridized carbons (Fsp3) is 0.562. The lowest BCUT2D eigenvalue weighted by molar-refractivity contribution is -0.00425. The zero-order valence-electron chi connectivity index (χ0n) is 13.4. The van der Waals surface area contributed by atoms with E-state index in [2.05, 4.69) is 5.32 Å². The Hall–Kier alpha value is -1.80. The summed E-state index contributed by atoms with van der Waals surface area (Å²) in [6.45, 7) is 2.97. The summed E-state index contributed by atoms with van der Waals surface area (Å²) in [7, 11) is 0. The van der Waals surface area contributed by atoms with Gasteiger partial charge in [0.1, 0.15) is 0 Å². The van der Waals surface area contributed by atoms with Gasteiger partial charge in [-0.15, -0.1) is 0 Å². The van der Waals surface area contributed by atoms with Crippen molar-refractivity contribution in [3.63, 3.8) is 0 Å². The Morgan fingerprint density at radius 1 is 1.42 bits per heavy atom. The molecule has 0 radical (unpaired) electrons. The van der Waals surface area contributed by atoms with Crippen LogP contribution in [0.15, 0.2) is 12.1 Å². The number of carbonyl (C=O) groups is 1. The molecule has 1 heterocycles. The van der Waals surface area contributed by atoms with Gasteiger partial charge in [-0.05, 0) is 37.5 Å². The first-order chi connectivity index (χ1) is 11.4. The monoisotopic (exact) mass is 346 g/mol. The van der Waals surface area contributed by atoms with Gasteiger partial charge in [-0.25, -0.2) is 18.0 Å². The summed E-state index contributed by atoms with van der Waals surface area (Å²) in [5.41, 5.74) is 0.259. The number of carbonyl (C=O) groups excluding carboxylic acids is 1. The van der Waals surface area contributed by atoms with E-state index in [9.17, 15) is 23.1 Å². The molecule has 1 saturated heterocycles. The van der Waals surface area contributed by atoms with Crippen LogP contribution >= 0.6 is 0 Å². The molecular weight excluding hydrogens is 325 g/mol. The molecule has 8 heteroatoms. The molecule has 1 aromatic carbocycles. The molecule has 0 spiro atoms. The lowest BCUT2D eigenvalue weighted by atomic mass is 10.1. The number of rotatable bonds is 5. The van der Waals surface area contributed by atoms with Gasteiger partial charge in [-0.3, -0.25) is 0 Å². The van der Waals surface area contributed by atoms with Crippen LogP contribution in [0.5, 0.6) is 0 Å². The van der Waals surface area contributed by atoms with Crippen LogP contribution in [-0.4, -0.2) is 54.5 Å². The Kier molecular flexibility index (Phi) is 6.44. The molecular formula is C16H21F3N2O3. The molecule has 1 fully saturated rings. The number of amides is 2. The van der Waals surface area contributed by atoms with Crippen LogP contribution < -0.4 is 5.32 Å². The molecule has 1 aromatic rings. The van der Waals surface area contributed by atoms with E-state index in [4.69, 9.17) is 4.74 Å². The predicted molar refractivity (Wildman–Crippen MR) is 81.0 cm³/mol. The van der Waals surface area contributed by atoms with E-state index in [1.807, 2.05) is 0 Å². The van der Waals surface area contributed by atoms with Crippen molar-refractivity contribution in [2.45, 2.75) is 31.9 Å². The van der Waals surface area contributed by atoms with Gasteiger partial charge in [0.05, 0.1) is 25.4 Å². The smallest absolute Gasteiger partial charge is 0.317 e. The Morgan fingerprint density at radius 2 is 2.08 bits per heavy atom. The third-order valence-electron chi connectivity index (χ3n) is 3.84. The third kappa shape index (κ3) is 4.85. The molecule has 24 heavy (non-hydrogen) atoms. The molecule has 2 N–H and O–H groups in total. The van der Waals surface area contributed by atoms with E-state index in [0.717, 1.165) is 12.1 Å². The minimum atomic E-state index is -1.50. The Morgan fingerprint density at radius 3 is 2.71 bits per heavy atom. The summed E-state index contributed by atoms with van der Waals surface area (Å²) in [4.78, 5) is 13.8. The summed E-state index contributed by atoms with van der Waals surface area (Å²) in [5, 5.41) is 12.2. The first-order valence-corrected chi connectivity index (χ1v) is 7.82. The van der Waals surface area contributed by atoms with Gasteiger partial charge < -0.3 is 20.1 Å². The summed E-state index contributed by atoms with van der Waals surface area (Å²) < 4.78 is 44.5. The first-order valence-electron chi connectivity index (χ1n) is 7.82. The van der Waals surface area contributed by atoms with E-state index < -0.39 is 23.6 Å². The maximum atomic E-state index is 13.1. The molecule has 0 aliphatic carbocycles. The van der Waals surface area contributed by atoms with Crippen LogP contribution in [0.2, 0.25) is 0 Å². The lowest BCUT2D eigenvalue weighted by Crippen LogP contribution is -2.53. The third-order valence-corrected chi connectivity index (χ3v) is 3.84. The molecule has 1 aliphatic heterocycles. The topological polar surface area (TPSA) is 61.8 Å². The highest BCUT2D eigenvalue weighted by Gasteiger charge is 2.28. The molecule has 2 atom stereocenters. The molecule has 5 nitrogen and oxygen atoms in total. The van der Waals surface area contributed by atoms with Crippen molar-refractivity contribution in [2.24, 2.45) is 0 Å². The van der Waals surface area contributed by atoms with E-state index in [0.29, 0.717) is 26.2 Å². The quantitative estimate of drug-likeness (QED) is 0.800. The van der Waals surface area contributed by atoms with Crippen molar-refractivity contribution in [1.82, 2.24) is 10.2 Å². The van der Waals surface area contributed by atoms with Gasteiger partial charge in [0.15, 0.2) is 17.5 Å². The predicted octanol–water partition coefficient (Wildman–Crippen LogP) is 1.83. The van der Waals surface area contributed by atoms with Crippen molar-refractivity contribution in [3.05, 3.63) is 35.1 Å². The molecule has 134 valence electrons. The number of aliphatic hydroxyl groups is 1. The molecule has 0 aromatic heterocycles. The van der Waals surface area contributed by atoms with Crippen LogP contribution in [0.1, 0.15) is 18.9 Å². The molecule has 0 saturated carbocycles. The average molecular weight is 346 g/mol. The number of hydrogen-bond donors (Lipinski definition) is 2. The number of urea groups is 1. The van der Waals surface area contributed by atoms with E-state index in [1.54, 1.807) is 11.8 Å². The molecule has 1 aliphatic rings. The van der Waals surface area contributed by atoms with Gasteiger partial charge >= 0.3 is 6.03 Å². The van der Waals surface area contributed by atoms with Crippen LogP contribution in [-0.2, 0) is 11.2 Å². The standard InChI is InChI=1S/C16H21F3N2O3/c1-10(22)6-12-9-24-5-4-21(12)16(23)20-3-2-11-7-13(17)15(19)14(18)8-11/h7-8,10,12,22H,2-6,9H2,1H3,(H,20,23)/t10-,12+/m0/s1. The Balaban J connectivity index is 1.88. The highest BCUT2D eigenvalue weighted by atomic mass is 19.2. The number of aliphatic hydroxyl groups excluding tert-OH is 1. The minimum absolute atomic E-state index is 0.155. The average Bonchev–Trinajstić information content (AvgIpc) is 2.52. The lowest BCUT2D eigenvalue weighted by Gasteiger charge is -2.36. The summed E-state index contributed by atoms with van der Waals surface area (Å²) in [6.07, 6.45) is 0.0183. The number of nitrogens with one attached hydrogen (secondary N) is 1. The highest BCUT2D eigenvalue weighted by Crippen LogP contribution is 2.15. The summed E-state index contributed by atoms with van der Waals surface area (Å²) >= 11 is 0. The Bertz CT molecular complexity index is 561. The molecule has 2 amide bonds. The van der Waals surface area contributed by atoms with Gasteiger partial charge in [0, 0.05) is 13.1 Å². The van der Waals surface area contributed by atoms with Gasteiger partial charge in [-0.2, -0.15) is 0 Å². The van der Waals surface area contributed by atoms with Crippen molar-refractivity contribution in [2.75, 3.05) is 26.3 Å². The number of halogens is 3. The fourth-order valence-electron chi connectivity index (χ4n) is 2.68. The first kappa shape index (κ1) is 18.5. The maximum Gasteiger partial charge on any atom is 0.317 e. The minimum Gasteiger partial charge on any atom is -0.393 e. The van der Waals surface area contributed by atoms with E-state index in [1.165, 1.54) is 0 Å². The zero-order valence-corrected chi connectivity index (χ0v) is 13.4. The van der Waals surface area contributed by atoms with E-state index >= 15 is 0 Å². The van der Waals surface area contributed by atoms with Gasteiger partial charge in [-0.1, -0.05) is 0 Å². The second kappa shape index (κ2) is 8.34. The summed E-state index contributed by atoms with van der Waals surface area (Å²) in [5.74, 6) is -4.00. The number of morpholine rings is 1. The molecule has 2 rings (SSSR count). The molecule has 0 unspecified atom stereocenters. The number of nitrogens with zero attached hydrogens (tertiary/aromatic N) is 1. The Labute approximate surface area is 138 Å². The van der Waals surface area contributed by atoms with Gasteiger partial charge in [0.2, 0.25) is 0 Å². The van der Waals surface area contributed by atoms with E-state index in [-0.39, 0.29) is 30.6 Å². The maximum absolute atomic E-state index is 13.1. The zero-order chi connectivity index (χ0) is 17.7. The second-order valence-corrected chi connectivity index (χ2v) is 5.86. The van der Waals surface area contributed by atoms with Crippen LogP contribution in [0.4, 0.5) is 18.0 Å². The van der Waals surface area contributed by atoms with Crippen molar-refractivity contribution >= 4 is 6.03 Å². The largest absolute Gasteiger partial charge is 0.393 e. The van der Waals surface area contributed by atoms with Crippen molar-refractivity contribution in [3.8, 4) is 0 Å². The number of ether oxygens (including phenoxy) is 1. The van der Waals surface area contributed by atoms with Gasteiger partial charge in [0.25, 0.3) is 0 Å². The fourth-order valence-corrected chi connectivity index (χ4v) is 2.68. The second-order valence-electron chi connectivity index (χ2n) is 5.86. The number of benzene rings is 1. The highest BCUT2D eigenvalue weighted by molar-refractivity contribution is 5.74. The summed E-state index contributed by atoms with van der Waals surface area (Å²) in [6, 6.07) is 1.27. The molecule has 0 bridgehead atoms. The normalized spacial score (nSPS) is 19.2.